The minimum Gasteiger partial charge on any atom is -0.398 e. The van der Waals surface area contributed by atoms with Crippen LogP contribution < -0.4 is 10.6 Å². The number of fused-ring (bicyclic) bond motifs is 1. The molecule has 3 aromatic rings. The highest BCUT2D eigenvalue weighted by Gasteiger charge is 2.07. The Morgan fingerprint density at radius 1 is 0.952 bits per heavy atom. The van der Waals surface area contributed by atoms with Gasteiger partial charge < -0.3 is 10.6 Å². The van der Waals surface area contributed by atoms with Crippen LogP contribution in [0.3, 0.4) is 0 Å². The van der Waals surface area contributed by atoms with Gasteiger partial charge >= 0.3 is 0 Å². The van der Waals surface area contributed by atoms with E-state index >= 15 is 0 Å². The van der Waals surface area contributed by atoms with Crippen molar-refractivity contribution in [3.8, 4) is 0 Å². The van der Waals surface area contributed by atoms with Gasteiger partial charge in [-0.1, -0.05) is 24.3 Å². The summed E-state index contributed by atoms with van der Waals surface area (Å²) in [6.45, 7) is 0.683. The maximum absolute atomic E-state index is 13.0. The molecule has 0 aliphatic rings. The van der Waals surface area contributed by atoms with E-state index in [4.69, 9.17) is 5.73 Å². The van der Waals surface area contributed by atoms with Gasteiger partial charge in [0.15, 0.2) is 0 Å². The standard InChI is InChI=1S/C18H17FN2/c1-21(17-8-6-16(19)7-9-17)12-15-10-13-4-2-3-5-14(13)11-18(15)20/h2-11H,12,20H2,1H3. The van der Waals surface area contributed by atoms with Crippen LogP contribution in [0.4, 0.5) is 15.8 Å². The van der Waals surface area contributed by atoms with Crippen molar-refractivity contribution in [2.24, 2.45) is 0 Å². The number of anilines is 2. The number of benzene rings is 3. The first-order valence-corrected chi connectivity index (χ1v) is 6.87. The zero-order valence-corrected chi connectivity index (χ0v) is 11.9. The van der Waals surface area contributed by atoms with Crippen molar-refractivity contribution in [2.75, 3.05) is 17.7 Å². The molecule has 0 aliphatic heterocycles. The van der Waals surface area contributed by atoms with Crippen LogP contribution in [0, 0.1) is 5.82 Å². The lowest BCUT2D eigenvalue weighted by molar-refractivity contribution is 0.627. The summed E-state index contributed by atoms with van der Waals surface area (Å²) in [6, 6.07) is 18.8. The van der Waals surface area contributed by atoms with Crippen LogP contribution >= 0.6 is 0 Å². The van der Waals surface area contributed by atoms with E-state index in [1.807, 2.05) is 25.2 Å². The molecule has 3 aromatic carbocycles. The Hall–Kier alpha value is -2.55. The summed E-state index contributed by atoms with van der Waals surface area (Å²) in [5.74, 6) is -0.225. The molecule has 2 N–H and O–H groups in total. The number of rotatable bonds is 3. The lowest BCUT2D eigenvalue weighted by Gasteiger charge is -2.20. The second-order valence-electron chi connectivity index (χ2n) is 5.23. The molecule has 0 radical (unpaired) electrons. The van der Waals surface area contributed by atoms with E-state index in [1.165, 1.54) is 17.5 Å². The van der Waals surface area contributed by atoms with Gasteiger partial charge in [0.2, 0.25) is 0 Å². The van der Waals surface area contributed by atoms with Crippen molar-refractivity contribution in [1.29, 1.82) is 0 Å². The van der Waals surface area contributed by atoms with Crippen molar-refractivity contribution < 1.29 is 4.39 Å². The zero-order chi connectivity index (χ0) is 14.8. The molecule has 0 amide bonds. The topological polar surface area (TPSA) is 29.3 Å². The molecule has 0 heterocycles. The van der Waals surface area contributed by atoms with Crippen LogP contribution in [0.25, 0.3) is 10.8 Å². The summed E-state index contributed by atoms with van der Waals surface area (Å²) < 4.78 is 13.0. The SMILES string of the molecule is CN(Cc1cc2ccccc2cc1N)c1ccc(F)cc1. The molecular formula is C18H17FN2. The molecule has 0 aromatic heterocycles. The fourth-order valence-electron chi connectivity index (χ4n) is 2.48. The van der Waals surface area contributed by atoms with Crippen molar-refractivity contribution in [1.82, 2.24) is 0 Å². The lowest BCUT2D eigenvalue weighted by atomic mass is 10.0. The van der Waals surface area contributed by atoms with Crippen LogP contribution in [-0.2, 0) is 6.54 Å². The molecule has 0 aliphatic carbocycles. The minimum absolute atomic E-state index is 0.225. The van der Waals surface area contributed by atoms with Crippen LogP contribution in [0.5, 0.6) is 0 Å². The molecular weight excluding hydrogens is 263 g/mol. The molecule has 3 rings (SSSR count). The van der Waals surface area contributed by atoms with Crippen LogP contribution in [0.15, 0.2) is 60.7 Å². The summed E-state index contributed by atoms with van der Waals surface area (Å²) in [4.78, 5) is 2.06. The first-order valence-electron chi connectivity index (χ1n) is 6.87. The largest absolute Gasteiger partial charge is 0.398 e. The van der Waals surface area contributed by atoms with E-state index in [-0.39, 0.29) is 5.82 Å². The van der Waals surface area contributed by atoms with E-state index < -0.39 is 0 Å². The molecule has 0 spiro atoms. The Morgan fingerprint density at radius 2 is 1.57 bits per heavy atom. The van der Waals surface area contributed by atoms with Gasteiger partial charge in [-0.25, -0.2) is 4.39 Å². The molecule has 0 fully saturated rings. The molecule has 0 atom stereocenters. The van der Waals surface area contributed by atoms with Gasteiger partial charge in [0, 0.05) is 25.0 Å². The average molecular weight is 280 g/mol. The highest BCUT2D eigenvalue weighted by Crippen LogP contribution is 2.24. The Balaban J connectivity index is 1.90. The van der Waals surface area contributed by atoms with Crippen molar-refractivity contribution in [3.63, 3.8) is 0 Å². The predicted octanol–water partition coefficient (Wildman–Crippen LogP) is 4.20. The normalized spacial score (nSPS) is 10.8. The molecule has 3 heteroatoms. The van der Waals surface area contributed by atoms with E-state index in [0.29, 0.717) is 6.54 Å². The quantitative estimate of drug-likeness (QED) is 0.729. The maximum atomic E-state index is 13.0. The minimum atomic E-state index is -0.225. The van der Waals surface area contributed by atoms with E-state index in [0.717, 1.165) is 22.3 Å². The molecule has 0 saturated carbocycles. The van der Waals surface area contributed by atoms with Gasteiger partial charge in [0.05, 0.1) is 0 Å². The maximum Gasteiger partial charge on any atom is 0.123 e. The lowest BCUT2D eigenvalue weighted by Crippen LogP contribution is -2.17. The summed E-state index contributed by atoms with van der Waals surface area (Å²) in [7, 11) is 1.97. The van der Waals surface area contributed by atoms with Crippen molar-refractivity contribution >= 4 is 22.1 Å². The van der Waals surface area contributed by atoms with Gasteiger partial charge in [0.1, 0.15) is 5.82 Å². The first-order chi connectivity index (χ1) is 10.1. The van der Waals surface area contributed by atoms with Gasteiger partial charge in [-0.15, -0.1) is 0 Å². The van der Waals surface area contributed by atoms with Crippen LogP contribution in [-0.4, -0.2) is 7.05 Å². The summed E-state index contributed by atoms with van der Waals surface area (Å²) >= 11 is 0. The molecule has 0 bridgehead atoms. The number of halogens is 1. The van der Waals surface area contributed by atoms with Crippen LogP contribution in [0.2, 0.25) is 0 Å². The Kier molecular flexibility index (Phi) is 3.48. The number of nitrogens with two attached hydrogens (primary N) is 1. The number of nitrogen functional groups attached to an aromatic ring is 1. The number of nitrogens with zero attached hydrogens (tertiary/aromatic N) is 1. The average Bonchev–Trinajstić information content (AvgIpc) is 2.48. The van der Waals surface area contributed by atoms with Crippen molar-refractivity contribution in [3.05, 3.63) is 72.0 Å². The summed E-state index contributed by atoms with van der Waals surface area (Å²) in [5, 5.41) is 2.32. The highest BCUT2D eigenvalue weighted by atomic mass is 19.1. The Bertz CT molecular complexity index is 766. The first kappa shape index (κ1) is 13.4. The van der Waals surface area contributed by atoms with Crippen LogP contribution in [0.1, 0.15) is 5.56 Å². The fourth-order valence-corrected chi connectivity index (χ4v) is 2.48. The van der Waals surface area contributed by atoms with Gasteiger partial charge in [0.25, 0.3) is 0 Å². The molecule has 0 unspecified atom stereocenters. The second-order valence-corrected chi connectivity index (χ2v) is 5.23. The van der Waals surface area contributed by atoms with E-state index in [2.05, 4.69) is 23.1 Å². The van der Waals surface area contributed by atoms with Gasteiger partial charge in [-0.3, -0.25) is 0 Å². The third-order valence-electron chi connectivity index (χ3n) is 3.68. The third-order valence-corrected chi connectivity index (χ3v) is 3.68. The molecule has 106 valence electrons. The van der Waals surface area contributed by atoms with E-state index in [9.17, 15) is 4.39 Å². The fraction of sp³-hybridized carbons (Fsp3) is 0.111. The highest BCUT2D eigenvalue weighted by molar-refractivity contribution is 5.86. The Morgan fingerprint density at radius 3 is 2.24 bits per heavy atom. The van der Waals surface area contributed by atoms with Gasteiger partial charge in [-0.05, 0) is 52.7 Å². The van der Waals surface area contributed by atoms with Crippen molar-refractivity contribution in [2.45, 2.75) is 6.54 Å². The number of hydrogen-bond acceptors (Lipinski definition) is 2. The Labute approximate surface area is 123 Å². The zero-order valence-electron chi connectivity index (χ0n) is 11.9. The third kappa shape index (κ3) is 2.82. The van der Waals surface area contributed by atoms with E-state index in [1.54, 1.807) is 12.1 Å². The second kappa shape index (κ2) is 5.44. The summed E-state index contributed by atoms with van der Waals surface area (Å²) in [6.07, 6.45) is 0. The molecule has 2 nitrogen and oxygen atoms in total. The van der Waals surface area contributed by atoms with Gasteiger partial charge in [-0.2, -0.15) is 0 Å². The molecule has 0 saturated heterocycles. The molecule has 21 heavy (non-hydrogen) atoms. The number of hydrogen-bond donors (Lipinski definition) is 1. The predicted molar refractivity (Wildman–Crippen MR) is 86.9 cm³/mol. The summed E-state index contributed by atoms with van der Waals surface area (Å²) in [5.41, 5.74) is 8.96. The monoisotopic (exact) mass is 280 g/mol. The smallest absolute Gasteiger partial charge is 0.123 e.